The maximum Gasteiger partial charge on any atom is 0.237 e. The summed E-state index contributed by atoms with van der Waals surface area (Å²) in [6.07, 6.45) is 1.52. The van der Waals surface area contributed by atoms with Gasteiger partial charge < -0.3 is 15.0 Å². The van der Waals surface area contributed by atoms with E-state index in [1.165, 1.54) is 12.3 Å². The molecule has 2 aliphatic rings. The van der Waals surface area contributed by atoms with Gasteiger partial charge in [0.15, 0.2) is 0 Å². The van der Waals surface area contributed by atoms with E-state index in [0.29, 0.717) is 11.3 Å². The van der Waals surface area contributed by atoms with Gasteiger partial charge in [-0.3, -0.25) is 14.7 Å². The molecule has 4 rings (SSSR count). The van der Waals surface area contributed by atoms with Crippen molar-refractivity contribution < 1.29 is 13.9 Å². The Morgan fingerprint density at radius 2 is 1.93 bits per heavy atom. The van der Waals surface area contributed by atoms with Gasteiger partial charge in [0.1, 0.15) is 11.7 Å². The van der Waals surface area contributed by atoms with Crippen LogP contribution in [0.2, 0.25) is 0 Å². The summed E-state index contributed by atoms with van der Waals surface area (Å²) < 4.78 is 19.3. The number of ether oxygens (including phenoxy) is 1. The van der Waals surface area contributed by atoms with Crippen molar-refractivity contribution in [1.82, 2.24) is 4.90 Å². The maximum atomic E-state index is 14.1. The van der Waals surface area contributed by atoms with Gasteiger partial charge in [0.05, 0.1) is 12.3 Å². The third-order valence-electron chi connectivity index (χ3n) is 5.48. The maximum absolute atomic E-state index is 14.1. The third-order valence-corrected chi connectivity index (χ3v) is 5.48. The first-order valence-corrected chi connectivity index (χ1v) is 9.85. The van der Waals surface area contributed by atoms with Crippen molar-refractivity contribution in [2.75, 3.05) is 56.7 Å². The van der Waals surface area contributed by atoms with Crippen LogP contribution < -0.4 is 10.2 Å². The van der Waals surface area contributed by atoms with Crippen molar-refractivity contribution in [3.05, 3.63) is 53.8 Å². The monoisotopic (exact) mass is 396 g/mol. The smallest absolute Gasteiger partial charge is 0.237 e. The minimum absolute atomic E-state index is 0.253. The number of carbonyl (C=O) groups is 1. The lowest BCUT2D eigenvalue weighted by atomic mass is 10.0. The Bertz CT molecular complexity index is 892. The zero-order valence-corrected chi connectivity index (χ0v) is 16.5. The van der Waals surface area contributed by atoms with Gasteiger partial charge in [-0.2, -0.15) is 0 Å². The number of benzene rings is 2. The first-order chi connectivity index (χ1) is 14.2. The first-order valence-electron chi connectivity index (χ1n) is 9.85. The highest BCUT2D eigenvalue weighted by molar-refractivity contribution is 6.12. The van der Waals surface area contributed by atoms with E-state index in [4.69, 9.17) is 4.74 Å². The second kappa shape index (κ2) is 8.71. The summed E-state index contributed by atoms with van der Waals surface area (Å²) in [5.74, 6) is -1.35. The van der Waals surface area contributed by atoms with E-state index >= 15 is 0 Å². The largest absolute Gasteiger partial charge is 0.383 e. The number of rotatable bonds is 6. The third kappa shape index (κ3) is 4.31. The lowest BCUT2D eigenvalue weighted by molar-refractivity contribution is -0.115. The van der Waals surface area contributed by atoms with Crippen LogP contribution in [0.15, 0.2) is 47.5 Å². The number of methoxy groups -OCH3 is 1. The van der Waals surface area contributed by atoms with Crippen LogP contribution in [0.5, 0.6) is 0 Å². The van der Waals surface area contributed by atoms with Crippen molar-refractivity contribution in [3.63, 3.8) is 0 Å². The van der Waals surface area contributed by atoms with Gasteiger partial charge in [-0.05, 0) is 36.4 Å². The lowest BCUT2D eigenvalue weighted by Gasteiger charge is -2.36. The zero-order valence-electron chi connectivity index (χ0n) is 16.5. The average Bonchev–Trinajstić information content (AvgIpc) is 3.08. The Hall–Kier alpha value is -2.77. The summed E-state index contributed by atoms with van der Waals surface area (Å²) in [4.78, 5) is 21.3. The topological polar surface area (TPSA) is 57.2 Å². The minimum Gasteiger partial charge on any atom is -0.383 e. The predicted molar refractivity (Wildman–Crippen MR) is 113 cm³/mol. The second-order valence-corrected chi connectivity index (χ2v) is 7.28. The molecule has 0 bridgehead atoms. The van der Waals surface area contributed by atoms with Gasteiger partial charge in [-0.15, -0.1) is 0 Å². The molecule has 2 heterocycles. The summed E-state index contributed by atoms with van der Waals surface area (Å²) in [6, 6.07) is 12.6. The van der Waals surface area contributed by atoms with E-state index in [1.807, 2.05) is 24.3 Å². The highest BCUT2D eigenvalue weighted by Gasteiger charge is 2.31. The summed E-state index contributed by atoms with van der Waals surface area (Å²) in [5.41, 5.74) is 2.78. The molecule has 6 nitrogen and oxygen atoms in total. The number of fused-ring (bicyclic) bond motifs is 1. The number of piperazine rings is 1. The SMILES string of the molecule is COCCN1CCN(c2ccc(N=CC3C(=O)Nc4cccc(F)c43)cc2)CC1. The van der Waals surface area contributed by atoms with Crippen LogP contribution in [0.3, 0.4) is 0 Å². The van der Waals surface area contributed by atoms with Crippen LogP contribution in [0, 0.1) is 5.82 Å². The minimum atomic E-state index is -0.703. The molecule has 0 spiro atoms. The summed E-state index contributed by atoms with van der Waals surface area (Å²) in [7, 11) is 1.73. The fourth-order valence-corrected chi connectivity index (χ4v) is 3.81. The van der Waals surface area contributed by atoms with Gasteiger partial charge in [0.2, 0.25) is 5.91 Å². The molecule has 0 aromatic heterocycles. The van der Waals surface area contributed by atoms with Crippen LogP contribution >= 0.6 is 0 Å². The Labute approximate surface area is 170 Å². The molecule has 1 fully saturated rings. The van der Waals surface area contributed by atoms with E-state index in [1.54, 1.807) is 19.2 Å². The van der Waals surface area contributed by atoms with Crippen LogP contribution in [0.1, 0.15) is 11.5 Å². The lowest BCUT2D eigenvalue weighted by Crippen LogP contribution is -2.47. The molecule has 1 saturated heterocycles. The summed E-state index contributed by atoms with van der Waals surface area (Å²) in [6.45, 7) is 5.72. The number of carbonyl (C=O) groups excluding carboxylic acids is 1. The first kappa shape index (κ1) is 19.5. The molecule has 7 heteroatoms. The van der Waals surface area contributed by atoms with Crippen molar-refractivity contribution in [1.29, 1.82) is 0 Å². The second-order valence-electron chi connectivity index (χ2n) is 7.28. The normalized spacial score (nSPS) is 19.6. The average molecular weight is 396 g/mol. The Morgan fingerprint density at radius 1 is 1.17 bits per heavy atom. The van der Waals surface area contributed by atoms with E-state index in [0.717, 1.165) is 50.7 Å². The molecule has 1 amide bonds. The van der Waals surface area contributed by atoms with E-state index < -0.39 is 11.7 Å². The highest BCUT2D eigenvalue weighted by Crippen LogP contribution is 2.34. The summed E-state index contributed by atoms with van der Waals surface area (Å²) >= 11 is 0. The van der Waals surface area contributed by atoms with Crippen LogP contribution in [0.25, 0.3) is 0 Å². The molecule has 1 atom stereocenters. The quantitative estimate of drug-likeness (QED) is 0.763. The van der Waals surface area contributed by atoms with Crippen molar-refractivity contribution >= 4 is 29.2 Å². The van der Waals surface area contributed by atoms with Gasteiger partial charge in [-0.25, -0.2) is 4.39 Å². The van der Waals surface area contributed by atoms with E-state index in [-0.39, 0.29) is 5.91 Å². The van der Waals surface area contributed by atoms with Gasteiger partial charge >= 0.3 is 0 Å². The molecule has 1 N–H and O–H groups in total. The Kier molecular flexibility index (Phi) is 5.87. The molecule has 0 radical (unpaired) electrons. The molecule has 2 aromatic rings. The molecule has 2 aromatic carbocycles. The molecule has 2 aliphatic heterocycles. The molecular weight excluding hydrogens is 371 g/mol. The Balaban J connectivity index is 1.39. The molecule has 1 unspecified atom stereocenters. The number of halogens is 1. The molecule has 0 aliphatic carbocycles. The molecule has 152 valence electrons. The van der Waals surface area contributed by atoms with Gasteiger partial charge in [0, 0.05) is 63.0 Å². The Morgan fingerprint density at radius 3 is 2.66 bits per heavy atom. The number of aliphatic imine (C=N–C) groups is 1. The number of hydrogen-bond donors (Lipinski definition) is 1. The van der Waals surface area contributed by atoms with Crippen LogP contribution in [-0.2, 0) is 9.53 Å². The van der Waals surface area contributed by atoms with Crippen LogP contribution in [0.4, 0.5) is 21.5 Å². The van der Waals surface area contributed by atoms with Gasteiger partial charge in [-0.1, -0.05) is 6.07 Å². The van der Waals surface area contributed by atoms with Crippen molar-refractivity contribution in [3.8, 4) is 0 Å². The number of nitrogens with one attached hydrogen (secondary N) is 1. The zero-order chi connectivity index (χ0) is 20.2. The molecular formula is C22H25FN4O2. The molecule has 29 heavy (non-hydrogen) atoms. The number of anilines is 2. The number of nitrogens with zero attached hydrogens (tertiary/aromatic N) is 3. The van der Waals surface area contributed by atoms with E-state index in [9.17, 15) is 9.18 Å². The fraction of sp³-hybridized carbons (Fsp3) is 0.364. The van der Waals surface area contributed by atoms with Crippen LogP contribution in [-0.4, -0.2) is 63.5 Å². The number of amides is 1. The summed E-state index contributed by atoms with van der Waals surface area (Å²) in [5, 5.41) is 2.70. The molecule has 0 saturated carbocycles. The highest BCUT2D eigenvalue weighted by atomic mass is 19.1. The van der Waals surface area contributed by atoms with Crippen molar-refractivity contribution in [2.45, 2.75) is 5.92 Å². The van der Waals surface area contributed by atoms with Gasteiger partial charge in [0.25, 0.3) is 0 Å². The standard InChI is InChI=1S/C22H25FN4O2/c1-29-14-13-26-9-11-27(12-10-26)17-7-5-16(6-8-17)24-15-18-21-19(23)3-2-4-20(21)25-22(18)28/h2-8,15,18H,9-14H2,1H3,(H,25,28). The van der Waals surface area contributed by atoms with Crippen molar-refractivity contribution in [2.24, 2.45) is 4.99 Å². The number of hydrogen-bond acceptors (Lipinski definition) is 5. The van der Waals surface area contributed by atoms with E-state index in [2.05, 4.69) is 20.1 Å². The predicted octanol–water partition coefficient (Wildman–Crippen LogP) is 3.03. The fourth-order valence-electron chi connectivity index (χ4n) is 3.81.